The second kappa shape index (κ2) is 10.7. The van der Waals surface area contributed by atoms with Crippen molar-refractivity contribution in [3.8, 4) is 0 Å². The molecule has 1 saturated heterocycles. The Labute approximate surface area is 168 Å². The fourth-order valence-electron chi connectivity index (χ4n) is 3.29. The zero-order chi connectivity index (χ0) is 20.5. The number of carbonyl (C=O) groups is 2. The van der Waals surface area contributed by atoms with E-state index in [4.69, 9.17) is 0 Å². The predicted molar refractivity (Wildman–Crippen MR) is 113 cm³/mol. The summed E-state index contributed by atoms with van der Waals surface area (Å²) in [5, 5.41) is 3.25. The van der Waals surface area contributed by atoms with Crippen molar-refractivity contribution in [2.45, 2.75) is 40.2 Å². The first-order valence-corrected chi connectivity index (χ1v) is 10.2. The van der Waals surface area contributed by atoms with Gasteiger partial charge >= 0.3 is 0 Å². The lowest BCUT2D eigenvalue weighted by molar-refractivity contribution is -0.131. The largest absolute Gasteiger partial charge is 0.357 e. The van der Waals surface area contributed by atoms with E-state index in [1.807, 2.05) is 66.8 Å². The molecule has 2 rings (SSSR count). The molecule has 0 aromatic heterocycles. The van der Waals surface area contributed by atoms with Crippen molar-refractivity contribution >= 4 is 23.5 Å². The maximum Gasteiger partial charge on any atom is 0.242 e. The number of nitrogens with zero attached hydrogens (tertiary/aromatic N) is 4. The van der Waals surface area contributed by atoms with Crippen LogP contribution in [0.15, 0.2) is 29.3 Å². The van der Waals surface area contributed by atoms with Crippen molar-refractivity contribution in [2.24, 2.45) is 4.99 Å². The number of amides is 2. The highest BCUT2D eigenvalue weighted by atomic mass is 16.2. The first-order valence-electron chi connectivity index (χ1n) is 10.2. The average Bonchev–Trinajstić information content (AvgIpc) is 3.12. The van der Waals surface area contributed by atoms with Gasteiger partial charge in [0, 0.05) is 45.3 Å². The van der Waals surface area contributed by atoms with E-state index in [0.717, 1.165) is 30.8 Å². The van der Waals surface area contributed by atoms with Gasteiger partial charge in [-0.25, -0.2) is 4.99 Å². The van der Waals surface area contributed by atoms with Gasteiger partial charge in [-0.3, -0.25) is 9.59 Å². The monoisotopic (exact) mass is 387 g/mol. The Kier molecular flexibility index (Phi) is 8.29. The molecule has 0 unspecified atom stereocenters. The van der Waals surface area contributed by atoms with E-state index in [0.29, 0.717) is 38.6 Å². The predicted octanol–water partition coefficient (Wildman–Crippen LogP) is 2.08. The van der Waals surface area contributed by atoms with Crippen LogP contribution < -0.4 is 10.2 Å². The molecule has 2 amide bonds. The highest BCUT2D eigenvalue weighted by Crippen LogP contribution is 2.21. The van der Waals surface area contributed by atoms with Crippen molar-refractivity contribution < 1.29 is 9.59 Å². The number of hydrogen-bond acceptors (Lipinski definition) is 3. The van der Waals surface area contributed by atoms with Gasteiger partial charge in [-0.2, -0.15) is 0 Å². The zero-order valence-corrected chi connectivity index (χ0v) is 17.6. The molecule has 1 heterocycles. The summed E-state index contributed by atoms with van der Waals surface area (Å²) < 4.78 is 0. The molecule has 0 atom stereocenters. The van der Waals surface area contributed by atoms with Crippen molar-refractivity contribution in [3.05, 3.63) is 29.8 Å². The summed E-state index contributed by atoms with van der Waals surface area (Å²) in [7, 11) is 1.88. The highest BCUT2D eigenvalue weighted by Gasteiger charge is 2.21. The first-order chi connectivity index (χ1) is 13.5. The van der Waals surface area contributed by atoms with Crippen LogP contribution in [0.25, 0.3) is 0 Å². The van der Waals surface area contributed by atoms with Crippen molar-refractivity contribution in [2.75, 3.05) is 44.7 Å². The minimum atomic E-state index is 0.0951. The second-order valence-corrected chi connectivity index (χ2v) is 6.91. The normalized spacial score (nSPS) is 14.4. The van der Waals surface area contributed by atoms with Crippen LogP contribution in [0.2, 0.25) is 0 Å². The Morgan fingerprint density at radius 1 is 1.18 bits per heavy atom. The molecule has 0 spiro atoms. The van der Waals surface area contributed by atoms with Crippen molar-refractivity contribution in [1.29, 1.82) is 0 Å². The van der Waals surface area contributed by atoms with Crippen molar-refractivity contribution in [3.63, 3.8) is 0 Å². The summed E-state index contributed by atoms with van der Waals surface area (Å²) in [4.78, 5) is 34.4. The van der Waals surface area contributed by atoms with Crippen LogP contribution in [0.4, 0.5) is 5.69 Å². The Morgan fingerprint density at radius 3 is 2.39 bits per heavy atom. The van der Waals surface area contributed by atoms with Gasteiger partial charge < -0.3 is 20.0 Å². The summed E-state index contributed by atoms with van der Waals surface area (Å²) in [5.41, 5.74) is 2.01. The molecule has 0 aliphatic carbocycles. The molecular formula is C21H33N5O2. The number of carbonyl (C=O) groups excluding carboxylic acids is 2. The van der Waals surface area contributed by atoms with E-state index in [9.17, 15) is 9.59 Å². The summed E-state index contributed by atoms with van der Waals surface area (Å²) in [5.74, 6) is 0.999. The van der Waals surface area contributed by atoms with Gasteiger partial charge in [0.25, 0.3) is 0 Å². The first kappa shape index (κ1) is 21.7. The summed E-state index contributed by atoms with van der Waals surface area (Å²) in [6.07, 6.45) is 1.56. The van der Waals surface area contributed by atoms with Crippen LogP contribution in [-0.2, 0) is 16.1 Å². The number of aliphatic imine (C=N–C) groups is 1. The van der Waals surface area contributed by atoms with E-state index in [1.54, 1.807) is 0 Å². The molecule has 1 aliphatic heterocycles. The molecule has 1 aliphatic rings. The lowest BCUT2D eigenvalue weighted by atomic mass is 10.2. The minimum absolute atomic E-state index is 0.0951. The van der Waals surface area contributed by atoms with Gasteiger partial charge in [0.05, 0.1) is 13.1 Å². The van der Waals surface area contributed by atoms with Crippen LogP contribution in [0.5, 0.6) is 0 Å². The molecule has 28 heavy (non-hydrogen) atoms. The second-order valence-electron chi connectivity index (χ2n) is 6.91. The fourth-order valence-corrected chi connectivity index (χ4v) is 3.29. The van der Waals surface area contributed by atoms with Gasteiger partial charge in [0.2, 0.25) is 11.8 Å². The lowest BCUT2D eigenvalue weighted by Gasteiger charge is -2.25. The number of guanidine groups is 1. The SMILES string of the molecule is CCNC(=NCc1ccc(N2CCCC2=O)cc1)N(C)CC(=O)N(CC)CC. The van der Waals surface area contributed by atoms with Crippen LogP contribution in [0, 0.1) is 0 Å². The van der Waals surface area contributed by atoms with E-state index >= 15 is 0 Å². The Morgan fingerprint density at radius 2 is 1.86 bits per heavy atom. The van der Waals surface area contributed by atoms with Crippen LogP contribution >= 0.6 is 0 Å². The number of anilines is 1. The Bertz CT molecular complexity index is 683. The third kappa shape index (κ3) is 5.71. The molecule has 7 nitrogen and oxygen atoms in total. The standard InChI is InChI=1S/C21H33N5O2/c1-5-22-21(24(4)16-20(28)25(6-2)7-3)23-15-17-10-12-18(13-11-17)26-14-8-9-19(26)27/h10-13H,5-9,14-16H2,1-4H3,(H,22,23). The molecular weight excluding hydrogens is 354 g/mol. The molecule has 0 radical (unpaired) electrons. The molecule has 1 fully saturated rings. The van der Waals surface area contributed by atoms with Crippen LogP contribution in [-0.4, -0.2) is 67.3 Å². The lowest BCUT2D eigenvalue weighted by Crippen LogP contribution is -2.45. The Hall–Kier alpha value is -2.57. The quantitative estimate of drug-likeness (QED) is 0.548. The fraction of sp³-hybridized carbons (Fsp3) is 0.571. The zero-order valence-electron chi connectivity index (χ0n) is 17.6. The number of hydrogen-bond donors (Lipinski definition) is 1. The van der Waals surface area contributed by atoms with Gasteiger partial charge in [-0.15, -0.1) is 0 Å². The van der Waals surface area contributed by atoms with E-state index in [-0.39, 0.29) is 11.8 Å². The van der Waals surface area contributed by atoms with E-state index in [1.165, 1.54) is 0 Å². The highest BCUT2D eigenvalue weighted by molar-refractivity contribution is 5.95. The summed E-state index contributed by atoms with van der Waals surface area (Å²) >= 11 is 0. The van der Waals surface area contributed by atoms with Crippen LogP contribution in [0.3, 0.4) is 0 Å². The smallest absolute Gasteiger partial charge is 0.242 e. The van der Waals surface area contributed by atoms with Crippen LogP contribution in [0.1, 0.15) is 39.2 Å². The van der Waals surface area contributed by atoms with Gasteiger partial charge in [0.15, 0.2) is 5.96 Å². The van der Waals surface area contributed by atoms with E-state index in [2.05, 4.69) is 10.3 Å². The molecule has 154 valence electrons. The number of rotatable bonds is 8. The molecule has 1 N–H and O–H groups in total. The summed E-state index contributed by atoms with van der Waals surface area (Å²) in [6.45, 7) is 9.75. The van der Waals surface area contributed by atoms with Gasteiger partial charge in [-0.1, -0.05) is 12.1 Å². The third-order valence-electron chi connectivity index (χ3n) is 4.92. The van der Waals surface area contributed by atoms with E-state index < -0.39 is 0 Å². The molecule has 0 saturated carbocycles. The molecule has 1 aromatic rings. The number of nitrogens with one attached hydrogen (secondary N) is 1. The third-order valence-corrected chi connectivity index (χ3v) is 4.92. The molecule has 0 bridgehead atoms. The maximum absolute atomic E-state index is 12.4. The maximum atomic E-state index is 12.4. The number of benzene rings is 1. The topological polar surface area (TPSA) is 68.2 Å². The molecule has 7 heteroatoms. The average molecular weight is 388 g/mol. The van der Waals surface area contributed by atoms with Gasteiger partial charge in [-0.05, 0) is 44.9 Å². The Balaban J connectivity index is 2.01. The van der Waals surface area contributed by atoms with Gasteiger partial charge in [0.1, 0.15) is 0 Å². The number of likely N-dealkylation sites (N-methyl/N-ethyl adjacent to an activating group) is 2. The minimum Gasteiger partial charge on any atom is -0.357 e. The summed E-state index contributed by atoms with van der Waals surface area (Å²) in [6, 6.07) is 7.98. The molecule has 1 aromatic carbocycles. The van der Waals surface area contributed by atoms with Crippen molar-refractivity contribution in [1.82, 2.24) is 15.1 Å².